The molecule has 0 aromatic heterocycles. The third-order valence-corrected chi connectivity index (χ3v) is 3.16. The van der Waals surface area contributed by atoms with E-state index in [0.29, 0.717) is 12.2 Å². The van der Waals surface area contributed by atoms with Crippen molar-refractivity contribution >= 4 is 33.9 Å². The van der Waals surface area contributed by atoms with E-state index in [-0.39, 0.29) is 0 Å². The summed E-state index contributed by atoms with van der Waals surface area (Å²) in [5.74, 6) is -0.935. The molecule has 0 aliphatic rings. The zero-order valence-electron chi connectivity index (χ0n) is 12.4. The van der Waals surface area contributed by atoms with Crippen molar-refractivity contribution in [2.45, 2.75) is 13.8 Å². The van der Waals surface area contributed by atoms with Crippen molar-refractivity contribution in [1.82, 2.24) is 0 Å². The van der Waals surface area contributed by atoms with Gasteiger partial charge in [0.1, 0.15) is 0 Å². The van der Waals surface area contributed by atoms with Gasteiger partial charge < -0.3 is 9.47 Å². The van der Waals surface area contributed by atoms with Gasteiger partial charge in [0.2, 0.25) is 0 Å². The lowest BCUT2D eigenvalue weighted by atomic mass is 10.2. The summed E-state index contributed by atoms with van der Waals surface area (Å²) in [7, 11) is 0. The van der Waals surface area contributed by atoms with Crippen LogP contribution in [0.25, 0.3) is 6.08 Å². The molecule has 0 atom stereocenters. The van der Waals surface area contributed by atoms with E-state index in [0.717, 1.165) is 10.0 Å². The monoisotopic (exact) mass is 364 g/mol. The number of carbonyl (C=O) groups is 2. The SMILES string of the molecule is CCOC(=O)/C=C/C(C)=C/OC(=O)/C=C/c1ccccc1Br. The maximum absolute atomic E-state index is 11.6. The number of halogens is 1. The first kappa shape index (κ1) is 17.9. The molecule has 1 rings (SSSR count). The summed E-state index contributed by atoms with van der Waals surface area (Å²) in [5, 5.41) is 0. The zero-order chi connectivity index (χ0) is 16.4. The Hall–Kier alpha value is -2.14. The molecule has 0 N–H and O–H groups in total. The van der Waals surface area contributed by atoms with Gasteiger partial charge in [0.15, 0.2) is 0 Å². The third kappa shape index (κ3) is 7.04. The van der Waals surface area contributed by atoms with Crippen molar-refractivity contribution in [3.63, 3.8) is 0 Å². The van der Waals surface area contributed by atoms with E-state index in [2.05, 4.69) is 15.9 Å². The maximum atomic E-state index is 11.6. The second-order valence-corrected chi connectivity index (χ2v) is 5.09. The Bertz CT molecular complexity index is 615. The number of hydrogen-bond acceptors (Lipinski definition) is 4. The van der Waals surface area contributed by atoms with Gasteiger partial charge in [0.05, 0.1) is 12.9 Å². The Morgan fingerprint density at radius 3 is 2.55 bits per heavy atom. The molecule has 0 unspecified atom stereocenters. The van der Waals surface area contributed by atoms with Crippen LogP contribution in [0.1, 0.15) is 19.4 Å². The predicted molar refractivity (Wildman–Crippen MR) is 88.8 cm³/mol. The van der Waals surface area contributed by atoms with E-state index in [9.17, 15) is 9.59 Å². The lowest BCUT2D eigenvalue weighted by Crippen LogP contribution is -1.99. The molecule has 0 spiro atoms. The molecular weight excluding hydrogens is 348 g/mol. The highest BCUT2D eigenvalue weighted by molar-refractivity contribution is 9.10. The van der Waals surface area contributed by atoms with Crippen LogP contribution < -0.4 is 0 Å². The highest BCUT2D eigenvalue weighted by atomic mass is 79.9. The Balaban J connectivity index is 2.53. The molecular formula is C17H17BrO4. The smallest absolute Gasteiger partial charge is 0.335 e. The summed E-state index contributed by atoms with van der Waals surface area (Å²) in [5.41, 5.74) is 1.50. The van der Waals surface area contributed by atoms with Crippen molar-refractivity contribution in [2.24, 2.45) is 0 Å². The quantitative estimate of drug-likeness (QED) is 0.331. The second kappa shape index (κ2) is 9.73. The average molecular weight is 365 g/mol. The van der Waals surface area contributed by atoms with Crippen LogP contribution in [0.3, 0.4) is 0 Å². The Kier molecular flexibility index (Phi) is 7.92. The molecule has 0 aliphatic heterocycles. The first-order valence-electron chi connectivity index (χ1n) is 6.67. The van der Waals surface area contributed by atoms with E-state index >= 15 is 0 Å². The number of rotatable bonds is 6. The van der Waals surface area contributed by atoms with Gasteiger partial charge in [-0.05, 0) is 43.2 Å². The van der Waals surface area contributed by atoms with Gasteiger partial charge >= 0.3 is 11.9 Å². The highest BCUT2D eigenvalue weighted by Gasteiger charge is 1.98. The third-order valence-electron chi connectivity index (χ3n) is 2.43. The van der Waals surface area contributed by atoms with Crippen LogP contribution in [0.15, 0.2) is 58.8 Å². The summed E-state index contributed by atoms with van der Waals surface area (Å²) in [6.07, 6.45) is 7.06. The zero-order valence-corrected chi connectivity index (χ0v) is 14.0. The molecule has 0 heterocycles. The topological polar surface area (TPSA) is 52.6 Å². The van der Waals surface area contributed by atoms with E-state index in [1.165, 1.54) is 24.5 Å². The molecule has 0 saturated carbocycles. The Morgan fingerprint density at radius 2 is 1.86 bits per heavy atom. The molecule has 5 heteroatoms. The minimum atomic E-state index is -0.500. The van der Waals surface area contributed by atoms with Crippen molar-refractivity contribution in [3.05, 3.63) is 64.4 Å². The standard InChI is InChI=1S/C17H17BrO4/c1-3-21-16(19)10-8-13(2)12-22-17(20)11-9-14-6-4-5-7-15(14)18/h4-12H,3H2,1-2H3/b10-8+,11-9+,13-12+. The van der Waals surface area contributed by atoms with Gasteiger partial charge in [-0.25, -0.2) is 9.59 Å². The first-order chi connectivity index (χ1) is 10.5. The molecule has 0 radical (unpaired) electrons. The Morgan fingerprint density at radius 1 is 1.14 bits per heavy atom. The predicted octanol–water partition coefficient (Wildman–Crippen LogP) is 4.03. The van der Waals surface area contributed by atoms with Crippen LogP contribution in [0.2, 0.25) is 0 Å². The molecule has 4 nitrogen and oxygen atoms in total. The summed E-state index contributed by atoms with van der Waals surface area (Å²) >= 11 is 3.39. The second-order valence-electron chi connectivity index (χ2n) is 4.24. The van der Waals surface area contributed by atoms with E-state index in [1.807, 2.05) is 24.3 Å². The van der Waals surface area contributed by atoms with Crippen molar-refractivity contribution < 1.29 is 19.1 Å². The molecule has 116 valence electrons. The van der Waals surface area contributed by atoms with Crippen molar-refractivity contribution in [1.29, 1.82) is 0 Å². The molecule has 0 aliphatic carbocycles. The fraction of sp³-hybridized carbons (Fsp3) is 0.176. The first-order valence-corrected chi connectivity index (χ1v) is 7.47. The lowest BCUT2D eigenvalue weighted by Gasteiger charge is -1.98. The van der Waals surface area contributed by atoms with Crippen LogP contribution in [-0.2, 0) is 19.1 Å². The van der Waals surface area contributed by atoms with Gasteiger partial charge in [-0.1, -0.05) is 34.1 Å². The van der Waals surface area contributed by atoms with Gasteiger partial charge in [0.25, 0.3) is 0 Å². The number of allylic oxidation sites excluding steroid dienone is 2. The highest BCUT2D eigenvalue weighted by Crippen LogP contribution is 2.17. The van der Waals surface area contributed by atoms with Gasteiger partial charge in [-0.2, -0.15) is 0 Å². The van der Waals surface area contributed by atoms with Gasteiger partial charge in [-0.3, -0.25) is 0 Å². The fourth-order valence-electron chi connectivity index (χ4n) is 1.39. The summed E-state index contributed by atoms with van der Waals surface area (Å²) in [6, 6.07) is 7.52. The lowest BCUT2D eigenvalue weighted by molar-refractivity contribution is -0.137. The molecule has 0 bridgehead atoms. The van der Waals surface area contributed by atoms with Crippen LogP contribution in [0, 0.1) is 0 Å². The van der Waals surface area contributed by atoms with E-state index in [1.54, 1.807) is 19.9 Å². The number of ether oxygens (including phenoxy) is 2. The van der Waals surface area contributed by atoms with Crippen LogP contribution in [0.4, 0.5) is 0 Å². The van der Waals surface area contributed by atoms with Crippen molar-refractivity contribution in [2.75, 3.05) is 6.61 Å². The van der Waals surface area contributed by atoms with Crippen LogP contribution >= 0.6 is 15.9 Å². The summed E-state index contributed by atoms with van der Waals surface area (Å²) in [4.78, 5) is 22.7. The van der Waals surface area contributed by atoms with Crippen LogP contribution in [0.5, 0.6) is 0 Å². The molecule has 1 aromatic carbocycles. The average Bonchev–Trinajstić information content (AvgIpc) is 2.50. The minimum Gasteiger partial charge on any atom is -0.463 e. The van der Waals surface area contributed by atoms with E-state index in [4.69, 9.17) is 9.47 Å². The van der Waals surface area contributed by atoms with Crippen molar-refractivity contribution in [3.8, 4) is 0 Å². The molecule has 22 heavy (non-hydrogen) atoms. The van der Waals surface area contributed by atoms with Crippen LogP contribution in [-0.4, -0.2) is 18.5 Å². The Labute approximate surface area is 138 Å². The van der Waals surface area contributed by atoms with Gasteiger partial charge in [-0.15, -0.1) is 0 Å². The maximum Gasteiger partial charge on any atom is 0.335 e. The van der Waals surface area contributed by atoms with E-state index < -0.39 is 11.9 Å². The molecule has 0 saturated heterocycles. The minimum absolute atomic E-state index is 0.320. The summed E-state index contributed by atoms with van der Waals surface area (Å²) in [6.45, 7) is 3.76. The van der Waals surface area contributed by atoms with Gasteiger partial charge in [0, 0.05) is 16.6 Å². The molecule has 0 fully saturated rings. The number of esters is 2. The summed E-state index contributed by atoms with van der Waals surface area (Å²) < 4.78 is 10.6. The molecule has 0 amide bonds. The normalized spacial score (nSPS) is 11.9. The number of benzene rings is 1. The number of hydrogen-bond donors (Lipinski definition) is 0. The number of carbonyl (C=O) groups excluding carboxylic acids is 2. The largest absolute Gasteiger partial charge is 0.463 e. The molecule has 1 aromatic rings. The fourth-order valence-corrected chi connectivity index (χ4v) is 1.80.